The summed E-state index contributed by atoms with van der Waals surface area (Å²) in [7, 11) is 0. The number of piperidine rings is 1. The summed E-state index contributed by atoms with van der Waals surface area (Å²) in [5, 5.41) is 8.85. The Labute approximate surface area is 148 Å². The van der Waals surface area contributed by atoms with Crippen LogP contribution in [-0.4, -0.2) is 54.8 Å². The molecule has 0 saturated carbocycles. The molecule has 1 aliphatic heterocycles. The summed E-state index contributed by atoms with van der Waals surface area (Å²) in [6, 6.07) is 7.25. The van der Waals surface area contributed by atoms with Crippen LogP contribution in [0.3, 0.4) is 0 Å². The molecule has 1 unspecified atom stereocenters. The van der Waals surface area contributed by atoms with E-state index in [9.17, 15) is 9.59 Å². The molecule has 1 N–H and O–H groups in total. The maximum Gasteiger partial charge on any atom is 0.303 e. The topological polar surface area (TPSA) is 76.1 Å². The smallest absolute Gasteiger partial charge is 0.303 e. The molecule has 1 aromatic rings. The number of hydrogen-bond donors (Lipinski definition) is 1. The van der Waals surface area contributed by atoms with Gasteiger partial charge in [0.1, 0.15) is 12.4 Å². The molecule has 138 valence electrons. The first-order valence-corrected chi connectivity index (χ1v) is 8.92. The van der Waals surface area contributed by atoms with Crippen molar-refractivity contribution in [2.45, 2.75) is 32.6 Å². The van der Waals surface area contributed by atoms with Crippen molar-refractivity contribution in [3.05, 3.63) is 29.8 Å². The van der Waals surface area contributed by atoms with Crippen molar-refractivity contribution in [1.29, 1.82) is 0 Å². The number of para-hydroxylation sites is 1. The van der Waals surface area contributed by atoms with Crippen LogP contribution in [0.5, 0.6) is 5.75 Å². The van der Waals surface area contributed by atoms with Gasteiger partial charge in [0.2, 0.25) is 0 Å². The molecule has 6 heteroatoms. The number of ether oxygens (including phenoxy) is 2. The highest BCUT2D eigenvalue weighted by Gasteiger charge is 2.26. The third-order valence-corrected chi connectivity index (χ3v) is 4.38. The summed E-state index contributed by atoms with van der Waals surface area (Å²) in [6.45, 7) is 4.76. The number of benzene rings is 1. The van der Waals surface area contributed by atoms with E-state index in [4.69, 9.17) is 14.6 Å². The number of likely N-dealkylation sites (tertiary alicyclic amines) is 1. The zero-order valence-electron chi connectivity index (χ0n) is 14.8. The first kappa shape index (κ1) is 19.2. The zero-order chi connectivity index (χ0) is 18.1. The quantitative estimate of drug-likeness (QED) is 0.694. The Kier molecular flexibility index (Phi) is 7.73. The second-order valence-electron chi connectivity index (χ2n) is 6.23. The van der Waals surface area contributed by atoms with Gasteiger partial charge in [0, 0.05) is 26.1 Å². The Bertz CT molecular complexity index is 575. The lowest BCUT2D eigenvalue weighted by Gasteiger charge is -2.33. The number of aliphatic carboxylic acids is 1. The van der Waals surface area contributed by atoms with E-state index in [0.29, 0.717) is 50.6 Å². The van der Waals surface area contributed by atoms with Crippen molar-refractivity contribution in [2.75, 3.05) is 32.9 Å². The molecule has 2 rings (SSSR count). The predicted molar refractivity (Wildman–Crippen MR) is 93.9 cm³/mol. The van der Waals surface area contributed by atoms with Crippen LogP contribution in [0.2, 0.25) is 0 Å². The van der Waals surface area contributed by atoms with Gasteiger partial charge in [-0.25, -0.2) is 0 Å². The van der Waals surface area contributed by atoms with E-state index in [1.807, 2.05) is 24.0 Å². The van der Waals surface area contributed by atoms with E-state index in [0.717, 1.165) is 12.8 Å². The second kappa shape index (κ2) is 10.0. The highest BCUT2D eigenvalue weighted by atomic mass is 16.5. The van der Waals surface area contributed by atoms with Gasteiger partial charge in [0.05, 0.1) is 12.2 Å². The maximum atomic E-state index is 12.9. The largest absolute Gasteiger partial charge is 0.490 e. The number of carbonyl (C=O) groups excluding carboxylic acids is 1. The summed E-state index contributed by atoms with van der Waals surface area (Å²) >= 11 is 0. The monoisotopic (exact) mass is 349 g/mol. The molecule has 1 atom stereocenters. The van der Waals surface area contributed by atoms with E-state index < -0.39 is 5.97 Å². The Balaban J connectivity index is 1.98. The van der Waals surface area contributed by atoms with E-state index in [-0.39, 0.29) is 18.2 Å². The lowest BCUT2D eigenvalue weighted by molar-refractivity contribution is -0.137. The van der Waals surface area contributed by atoms with Gasteiger partial charge in [-0.05, 0) is 44.2 Å². The number of nitrogens with zero attached hydrogens (tertiary/aromatic N) is 1. The summed E-state index contributed by atoms with van der Waals surface area (Å²) < 4.78 is 11.0. The van der Waals surface area contributed by atoms with Crippen LogP contribution in [0.1, 0.15) is 43.0 Å². The lowest BCUT2D eigenvalue weighted by Crippen LogP contribution is -2.40. The summed E-state index contributed by atoms with van der Waals surface area (Å²) in [4.78, 5) is 25.5. The van der Waals surface area contributed by atoms with Gasteiger partial charge >= 0.3 is 5.97 Å². The third kappa shape index (κ3) is 6.05. The fraction of sp³-hybridized carbons (Fsp3) is 0.579. The number of carboxylic acid groups (broad SMARTS) is 1. The van der Waals surface area contributed by atoms with Crippen molar-refractivity contribution in [3.63, 3.8) is 0 Å². The van der Waals surface area contributed by atoms with Crippen molar-refractivity contribution in [2.24, 2.45) is 5.92 Å². The first-order chi connectivity index (χ1) is 12.1. The van der Waals surface area contributed by atoms with Crippen LogP contribution in [0.4, 0.5) is 0 Å². The van der Waals surface area contributed by atoms with E-state index >= 15 is 0 Å². The van der Waals surface area contributed by atoms with Crippen molar-refractivity contribution < 1.29 is 24.2 Å². The summed E-state index contributed by atoms with van der Waals surface area (Å²) in [6.07, 6.45) is 2.66. The number of carbonyl (C=O) groups is 2. The predicted octanol–water partition coefficient (Wildman–Crippen LogP) is 2.82. The van der Waals surface area contributed by atoms with Gasteiger partial charge in [-0.2, -0.15) is 0 Å². The molecule has 1 saturated heterocycles. The SMILES string of the molecule is CCOCCOc1ccccc1C(=O)N1CCCC(CCC(=O)O)C1. The lowest BCUT2D eigenvalue weighted by atomic mass is 9.93. The fourth-order valence-corrected chi connectivity index (χ4v) is 3.11. The van der Waals surface area contributed by atoms with Crippen LogP contribution in [0.15, 0.2) is 24.3 Å². The van der Waals surface area contributed by atoms with Gasteiger partial charge in [0.25, 0.3) is 5.91 Å². The molecule has 0 aromatic heterocycles. The summed E-state index contributed by atoms with van der Waals surface area (Å²) in [5.74, 6) is -0.0109. The van der Waals surface area contributed by atoms with Crippen LogP contribution in [0.25, 0.3) is 0 Å². The molecular formula is C19H27NO5. The van der Waals surface area contributed by atoms with Gasteiger partial charge in [-0.3, -0.25) is 9.59 Å². The first-order valence-electron chi connectivity index (χ1n) is 8.92. The highest BCUT2D eigenvalue weighted by Crippen LogP contribution is 2.25. The van der Waals surface area contributed by atoms with Gasteiger partial charge in [0.15, 0.2) is 0 Å². The van der Waals surface area contributed by atoms with Gasteiger partial charge in [-0.1, -0.05) is 12.1 Å². The molecule has 25 heavy (non-hydrogen) atoms. The molecule has 1 aromatic carbocycles. The fourth-order valence-electron chi connectivity index (χ4n) is 3.11. The van der Waals surface area contributed by atoms with E-state index in [2.05, 4.69) is 0 Å². The Morgan fingerprint density at radius 2 is 2.08 bits per heavy atom. The zero-order valence-corrected chi connectivity index (χ0v) is 14.8. The minimum absolute atomic E-state index is 0.0490. The second-order valence-corrected chi connectivity index (χ2v) is 6.23. The molecule has 0 radical (unpaired) electrons. The molecule has 1 fully saturated rings. The molecular weight excluding hydrogens is 322 g/mol. The highest BCUT2D eigenvalue weighted by molar-refractivity contribution is 5.97. The Morgan fingerprint density at radius 1 is 1.28 bits per heavy atom. The minimum Gasteiger partial charge on any atom is -0.490 e. The van der Waals surface area contributed by atoms with Crippen molar-refractivity contribution in [3.8, 4) is 5.75 Å². The molecule has 6 nitrogen and oxygen atoms in total. The van der Waals surface area contributed by atoms with E-state index in [1.54, 1.807) is 12.1 Å². The van der Waals surface area contributed by atoms with Gasteiger partial charge < -0.3 is 19.5 Å². The number of carboxylic acids is 1. The van der Waals surface area contributed by atoms with E-state index in [1.165, 1.54) is 0 Å². The van der Waals surface area contributed by atoms with Crippen LogP contribution < -0.4 is 4.74 Å². The third-order valence-electron chi connectivity index (χ3n) is 4.38. The normalized spacial score (nSPS) is 17.3. The molecule has 1 aliphatic rings. The number of rotatable bonds is 9. The average molecular weight is 349 g/mol. The van der Waals surface area contributed by atoms with Gasteiger partial charge in [-0.15, -0.1) is 0 Å². The molecule has 0 bridgehead atoms. The van der Waals surface area contributed by atoms with Crippen LogP contribution in [-0.2, 0) is 9.53 Å². The van der Waals surface area contributed by atoms with Crippen LogP contribution >= 0.6 is 0 Å². The standard InChI is InChI=1S/C19H27NO5/c1-2-24-12-13-25-17-8-4-3-7-16(17)19(23)20-11-5-6-15(14-20)9-10-18(21)22/h3-4,7-8,15H,2,5-6,9-14H2,1H3,(H,21,22). The number of hydrogen-bond acceptors (Lipinski definition) is 4. The van der Waals surface area contributed by atoms with Crippen molar-refractivity contribution in [1.82, 2.24) is 4.90 Å². The Morgan fingerprint density at radius 3 is 2.84 bits per heavy atom. The molecule has 0 aliphatic carbocycles. The summed E-state index contributed by atoms with van der Waals surface area (Å²) in [5.41, 5.74) is 0.554. The maximum absolute atomic E-state index is 12.9. The van der Waals surface area contributed by atoms with Crippen molar-refractivity contribution >= 4 is 11.9 Å². The van der Waals surface area contributed by atoms with Crippen LogP contribution in [0, 0.1) is 5.92 Å². The minimum atomic E-state index is -0.781. The molecule has 0 spiro atoms. The molecule has 1 heterocycles. The molecule has 1 amide bonds. The average Bonchev–Trinajstić information content (AvgIpc) is 2.63. The number of amides is 1. The Hall–Kier alpha value is -2.08.